The summed E-state index contributed by atoms with van der Waals surface area (Å²) in [7, 11) is 0. The molecule has 0 bridgehead atoms. The smallest absolute Gasteiger partial charge is 0.190 e. The number of ether oxygens (including phenoxy) is 11. The van der Waals surface area contributed by atoms with Gasteiger partial charge in [0, 0.05) is 5.56 Å². The first-order valence-electron chi connectivity index (χ1n) is 17.5. The molecule has 0 amide bonds. The van der Waals surface area contributed by atoms with E-state index in [4.69, 9.17) is 52.1 Å². The third-order valence-electron chi connectivity index (χ3n) is 9.64. The number of hydrogen-bond donors (Lipinski definition) is 0. The van der Waals surface area contributed by atoms with Crippen LogP contribution in [0, 0.1) is 0 Å². The second-order valence-corrected chi connectivity index (χ2v) is 14.3. The Hall–Kier alpha value is -2.78. The zero-order chi connectivity index (χ0) is 34.3. The van der Waals surface area contributed by atoms with E-state index in [0.717, 1.165) is 16.7 Å². The number of fused-ring (bicyclic) bond motifs is 2. The SMILES string of the molecule is CC1(C)OCC([C@@H]2O[C@H]3OC(C)(C)OC3[C@H]2O[C@@H]2OC3COC(c4ccccc4)O[C@@H]3[C@H](OCc3ccccc3)C2OCc2ccccc2)O1. The van der Waals surface area contributed by atoms with Gasteiger partial charge in [-0.3, -0.25) is 0 Å². The fourth-order valence-corrected chi connectivity index (χ4v) is 7.33. The minimum absolute atomic E-state index is 0.262. The fraction of sp³-hybridized carbons (Fsp3) is 0.538. The molecule has 3 aromatic carbocycles. The molecule has 5 heterocycles. The van der Waals surface area contributed by atoms with Crippen LogP contribution in [-0.4, -0.2) is 86.2 Å². The summed E-state index contributed by atoms with van der Waals surface area (Å²) in [5.41, 5.74) is 2.93. The molecule has 0 aromatic heterocycles. The first kappa shape index (κ1) is 34.3. The fourth-order valence-electron chi connectivity index (χ4n) is 7.33. The summed E-state index contributed by atoms with van der Waals surface area (Å²) in [6.45, 7) is 8.71. The van der Waals surface area contributed by atoms with Crippen LogP contribution in [-0.2, 0) is 65.3 Å². The van der Waals surface area contributed by atoms with Gasteiger partial charge in [0.1, 0.15) is 48.8 Å². The van der Waals surface area contributed by atoms with E-state index in [9.17, 15) is 0 Å². The van der Waals surface area contributed by atoms with E-state index in [2.05, 4.69) is 0 Å². The largest absolute Gasteiger partial charge is 0.368 e. The van der Waals surface area contributed by atoms with Gasteiger partial charge in [0.25, 0.3) is 0 Å². The highest BCUT2D eigenvalue weighted by atomic mass is 16.9. The maximum absolute atomic E-state index is 6.99. The van der Waals surface area contributed by atoms with Crippen molar-refractivity contribution in [3.63, 3.8) is 0 Å². The molecule has 11 heteroatoms. The van der Waals surface area contributed by atoms with Crippen LogP contribution in [0.5, 0.6) is 0 Å². The minimum Gasteiger partial charge on any atom is -0.368 e. The van der Waals surface area contributed by atoms with Crippen LogP contribution < -0.4 is 0 Å². The highest BCUT2D eigenvalue weighted by Gasteiger charge is 2.61. The third-order valence-corrected chi connectivity index (χ3v) is 9.64. The van der Waals surface area contributed by atoms with Gasteiger partial charge in [0.2, 0.25) is 0 Å². The van der Waals surface area contributed by atoms with Gasteiger partial charge in [0.15, 0.2) is 30.4 Å². The molecule has 0 radical (unpaired) electrons. The molecule has 0 aliphatic carbocycles. The van der Waals surface area contributed by atoms with Crippen molar-refractivity contribution < 1.29 is 52.1 Å². The highest BCUT2D eigenvalue weighted by molar-refractivity contribution is 5.18. The van der Waals surface area contributed by atoms with Crippen molar-refractivity contribution in [3.8, 4) is 0 Å². The highest BCUT2D eigenvalue weighted by Crippen LogP contribution is 2.44. The van der Waals surface area contributed by atoms with Crippen molar-refractivity contribution in [2.45, 2.75) is 120 Å². The Kier molecular flexibility index (Phi) is 9.83. The summed E-state index contributed by atoms with van der Waals surface area (Å²) in [6.07, 6.45) is -6.73. The quantitative estimate of drug-likeness (QED) is 0.273. The molecule has 0 saturated carbocycles. The molecule has 11 nitrogen and oxygen atoms in total. The van der Waals surface area contributed by atoms with Crippen LogP contribution in [0.15, 0.2) is 91.0 Å². The summed E-state index contributed by atoms with van der Waals surface area (Å²) in [4.78, 5) is 0. The van der Waals surface area contributed by atoms with Gasteiger partial charge >= 0.3 is 0 Å². The second kappa shape index (κ2) is 14.3. The van der Waals surface area contributed by atoms with Crippen molar-refractivity contribution in [2.24, 2.45) is 0 Å². The minimum atomic E-state index is -0.918. The van der Waals surface area contributed by atoms with Gasteiger partial charge in [0.05, 0.1) is 26.4 Å². The molecule has 5 saturated heterocycles. The number of rotatable bonds is 10. The van der Waals surface area contributed by atoms with Gasteiger partial charge < -0.3 is 52.1 Å². The van der Waals surface area contributed by atoms with Crippen LogP contribution in [0.4, 0.5) is 0 Å². The molecule has 3 aromatic rings. The Bertz CT molecular complexity index is 1540. The number of hydrogen-bond acceptors (Lipinski definition) is 11. The lowest BCUT2D eigenvalue weighted by Crippen LogP contribution is -2.64. The molecule has 8 rings (SSSR count). The van der Waals surface area contributed by atoms with Crippen molar-refractivity contribution in [1.29, 1.82) is 0 Å². The molecular weight excluding hydrogens is 644 g/mol. The average Bonchev–Trinajstić information content (AvgIpc) is 3.75. The van der Waals surface area contributed by atoms with Crippen LogP contribution >= 0.6 is 0 Å². The van der Waals surface area contributed by atoms with E-state index in [1.807, 2.05) is 119 Å². The van der Waals surface area contributed by atoms with E-state index < -0.39 is 79.3 Å². The summed E-state index contributed by atoms with van der Waals surface area (Å²) in [5.74, 6) is -1.63. The molecule has 5 unspecified atom stereocenters. The van der Waals surface area contributed by atoms with E-state index in [0.29, 0.717) is 19.8 Å². The van der Waals surface area contributed by atoms with Crippen molar-refractivity contribution >= 4 is 0 Å². The lowest BCUT2D eigenvalue weighted by atomic mass is 9.96. The maximum atomic E-state index is 6.99. The average molecular weight is 691 g/mol. The van der Waals surface area contributed by atoms with Crippen molar-refractivity contribution in [1.82, 2.24) is 0 Å². The summed E-state index contributed by atoms with van der Waals surface area (Å²) >= 11 is 0. The van der Waals surface area contributed by atoms with Crippen LogP contribution in [0.25, 0.3) is 0 Å². The van der Waals surface area contributed by atoms with Crippen LogP contribution in [0.1, 0.15) is 50.7 Å². The molecular formula is C39H46O11. The maximum Gasteiger partial charge on any atom is 0.190 e. The molecule has 5 fully saturated rings. The topological polar surface area (TPSA) is 102 Å². The van der Waals surface area contributed by atoms with E-state index >= 15 is 0 Å². The monoisotopic (exact) mass is 690 g/mol. The molecule has 50 heavy (non-hydrogen) atoms. The van der Waals surface area contributed by atoms with E-state index in [1.165, 1.54) is 0 Å². The zero-order valence-corrected chi connectivity index (χ0v) is 28.8. The summed E-state index contributed by atoms with van der Waals surface area (Å²) in [5, 5.41) is 0. The third kappa shape index (κ3) is 7.41. The second-order valence-electron chi connectivity index (χ2n) is 14.3. The molecule has 268 valence electrons. The van der Waals surface area contributed by atoms with E-state index in [1.54, 1.807) is 0 Å². The van der Waals surface area contributed by atoms with Crippen molar-refractivity contribution in [2.75, 3.05) is 13.2 Å². The Morgan fingerprint density at radius 3 is 1.84 bits per heavy atom. The van der Waals surface area contributed by atoms with Gasteiger partial charge in [-0.2, -0.15) is 0 Å². The predicted octanol–water partition coefficient (Wildman–Crippen LogP) is 5.41. The Morgan fingerprint density at radius 2 is 1.20 bits per heavy atom. The molecule has 5 aliphatic rings. The standard InChI is InChI=1S/C39H46O11/c1-38(2)43-23-28(48-38)30-32(34-37(46-30)50-39(3,4)49-34)47-36-33(41-21-25-16-10-6-11-17-25)31(40-20-24-14-8-5-9-15-24)29-27(44-36)22-42-35(45-29)26-18-12-7-13-19-26/h5-19,27-37H,20-23H2,1-4H3/t27?,28?,29-,30-,31-,32-,33?,34?,35?,36-,37-/m0/s1. The Morgan fingerprint density at radius 1 is 0.580 bits per heavy atom. The first-order valence-corrected chi connectivity index (χ1v) is 17.5. The number of benzene rings is 3. The predicted molar refractivity (Wildman–Crippen MR) is 177 cm³/mol. The lowest BCUT2D eigenvalue weighted by molar-refractivity contribution is -0.381. The Labute approximate surface area is 292 Å². The normalized spacial score (nSPS) is 37.3. The summed E-state index contributed by atoms with van der Waals surface area (Å²) < 4.78 is 71.5. The lowest BCUT2D eigenvalue weighted by Gasteiger charge is -2.49. The molecule has 11 atom stereocenters. The molecule has 5 aliphatic heterocycles. The van der Waals surface area contributed by atoms with Crippen molar-refractivity contribution in [3.05, 3.63) is 108 Å². The van der Waals surface area contributed by atoms with Gasteiger partial charge in [-0.25, -0.2) is 0 Å². The molecule has 0 N–H and O–H groups in total. The molecule has 0 spiro atoms. The Balaban J connectivity index is 1.12. The van der Waals surface area contributed by atoms with Gasteiger partial charge in [-0.1, -0.05) is 91.0 Å². The summed E-state index contributed by atoms with van der Waals surface area (Å²) in [6, 6.07) is 29.9. The van der Waals surface area contributed by atoms with Gasteiger partial charge in [-0.15, -0.1) is 0 Å². The first-order chi connectivity index (χ1) is 24.2. The van der Waals surface area contributed by atoms with Crippen LogP contribution in [0.3, 0.4) is 0 Å². The zero-order valence-electron chi connectivity index (χ0n) is 28.8. The van der Waals surface area contributed by atoms with Gasteiger partial charge in [-0.05, 0) is 38.8 Å². The van der Waals surface area contributed by atoms with Crippen LogP contribution in [0.2, 0.25) is 0 Å². The van der Waals surface area contributed by atoms with E-state index in [-0.39, 0.29) is 6.61 Å².